The summed E-state index contributed by atoms with van der Waals surface area (Å²) in [6.07, 6.45) is 0.994. The molecule has 5 rings (SSSR count). The number of amides is 1. The Kier molecular flexibility index (Phi) is 7.42. The van der Waals surface area contributed by atoms with Gasteiger partial charge in [-0.25, -0.2) is 0 Å². The lowest BCUT2D eigenvalue weighted by atomic mass is 9.72. The van der Waals surface area contributed by atoms with E-state index in [1.165, 1.54) is 0 Å². The molecule has 3 aromatic carbocycles. The van der Waals surface area contributed by atoms with Gasteiger partial charge in [-0.1, -0.05) is 56.3 Å². The Morgan fingerprint density at radius 2 is 1.51 bits per heavy atom. The molecule has 3 atom stereocenters. The maximum absolute atomic E-state index is 14.2. The molecule has 1 heterocycles. The summed E-state index contributed by atoms with van der Waals surface area (Å²) in [6, 6.07) is 20.8. The SMILES string of the molecule is COc1cc(C2C3C(=O)CC(c4ccccc4)CC3=Nc3ccccc3N2C(=O)C(C)C)cc(OC)c1OC. The molecular weight excluding hydrogens is 492 g/mol. The van der Waals surface area contributed by atoms with Crippen molar-refractivity contribution in [1.82, 2.24) is 0 Å². The molecule has 3 unspecified atom stereocenters. The first-order valence-corrected chi connectivity index (χ1v) is 13.2. The van der Waals surface area contributed by atoms with E-state index < -0.39 is 12.0 Å². The van der Waals surface area contributed by atoms with Gasteiger partial charge in [0.1, 0.15) is 5.78 Å². The number of Topliss-reactive ketones (excluding diaryl/α,β-unsaturated/α-hetero) is 1. The molecule has 39 heavy (non-hydrogen) atoms. The molecule has 1 amide bonds. The largest absolute Gasteiger partial charge is 0.493 e. The number of ketones is 1. The van der Waals surface area contributed by atoms with E-state index in [1.54, 1.807) is 26.2 Å². The molecular formula is C32H34N2O5. The lowest BCUT2D eigenvalue weighted by molar-refractivity contribution is -0.124. The molecule has 7 nitrogen and oxygen atoms in total. The van der Waals surface area contributed by atoms with Gasteiger partial charge in [0.05, 0.1) is 44.7 Å². The van der Waals surface area contributed by atoms with Crippen molar-refractivity contribution in [3.05, 3.63) is 77.9 Å². The lowest BCUT2D eigenvalue weighted by Gasteiger charge is -2.39. The Balaban J connectivity index is 1.75. The molecule has 7 heteroatoms. The molecule has 0 saturated heterocycles. The van der Waals surface area contributed by atoms with Crippen LogP contribution in [0, 0.1) is 11.8 Å². The third-order valence-electron chi connectivity index (χ3n) is 7.64. The number of rotatable bonds is 6. The number of fused-ring (bicyclic) bond motifs is 2. The molecule has 0 N–H and O–H groups in total. The van der Waals surface area contributed by atoms with Gasteiger partial charge in [-0.05, 0) is 47.7 Å². The minimum Gasteiger partial charge on any atom is -0.493 e. The van der Waals surface area contributed by atoms with Crippen molar-refractivity contribution in [3.8, 4) is 17.2 Å². The van der Waals surface area contributed by atoms with Crippen LogP contribution in [0.25, 0.3) is 0 Å². The van der Waals surface area contributed by atoms with Crippen molar-refractivity contribution >= 4 is 28.8 Å². The van der Waals surface area contributed by atoms with Crippen LogP contribution in [-0.2, 0) is 9.59 Å². The van der Waals surface area contributed by atoms with Crippen molar-refractivity contribution in [1.29, 1.82) is 0 Å². The second-order valence-corrected chi connectivity index (χ2v) is 10.3. The highest BCUT2D eigenvalue weighted by Crippen LogP contribution is 2.50. The summed E-state index contributed by atoms with van der Waals surface area (Å²) in [7, 11) is 4.67. The van der Waals surface area contributed by atoms with Gasteiger partial charge in [0.15, 0.2) is 11.5 Å². The number of ether oxygens (including phenoxy) is 3. The number of carbonyl (C=O) groups is 2. The number of para-hydroxylation sites is 2. The number of hydrogen-bond donors (Lipinski definition) is 0. The summed E-state index contributed by atoms with van der Waals surface area (Å²) in [5.74, 6) is 0.442. The fraction of sp³-hybridized carbons (Fsp3) is 0.344. The number of hydrogen-bond acceptors (Lipinski definition) is 6. The van der Waals surface area contributed by atoms with Crippen molar-refractivity contribution in [3.63, 3.8) is 0 Å². The molecule has 1 aliphatic carbocycles. The van der Waals surface area contributed by atoms with Crippen molar-refractivity contribution < 1.29 is 23.8 Å². The van der Waals surface area contributed by atoms with Crippen LogP contribution >= 0.6 is 0 Å². The topological polar surface area (TPSA) is 77.4 Å². The third-order valence-corrected chi connectivity index (χ3v) is 7.64. The van der Waals surface area contributed by atoms with E-state index in [9.17, 15) is 9.59 Å². The van der Waals surface area contributed by atoms with Gasteiger partial charge in [-0.15, -0.1) is 0 Å². The molecule has 0 spiro atoms. The quantitative estimate of drug-likeness (QED) is 0.377. The van der Waals surface area contributed by atoms with Crippen LogP contribution in [0.2, 0.25) is 0 Å². The second kappa shape index (κ2) is 10.9. The molecule has 202 valence electrons. The van der Waals surface area contributed by atoms with E-state index in [4.69, 9.17) is 19.2 Å². The van der Waals surface area contributed by atoms with Crippen LogP contribution in [0.3, 0.4) is 0 Å². The molecule has 1 saturated carbocycles. The van der Waals surface area contributed by atoms with Gasteiger partial charge in [0.25, 0.3) is 0 Å². The standard InChI is InChI=1S/C32H34N2O5/c1-19(2)32(36)34-25-14-10-9-13-23(25)33-24-15-21(20-11-7-6-8-12-20)16-26(35)29(24)30(34)22-17-27(37-3)31(39-5)28(18-22)38-4/h6-14,17-19,21,29-30H,15-16H2,1-5H3. The minimum absolute atomic E-state index is 0.0220. The minimum atomic E-state index is -0.639. The van der Waals surface area contributed by atoms with Gasteiger partial charge in [0.2, 0.25) is 11.7 Å². The van der Waals surface area contributed by atoms with E-state index in [0.29, 0.717) is 41.5 Å². The molecule has 2 aliphatic rings. The maximum Gasteiger partial charge on any atom is 0.230 e. The van der Waals surface area contributed by atoms with E-state index in [2.05, 4.69) is 12.1 Å². The molecule has 1 fully saturated rings. The first-order chi connectivity index (χ1) is 18.9. The molecule has 0 aromatic heterocycles. The zero-order chi connectivity index (χ0) is 27.7. The van der Waals surface area contributed by atoms with Crippen LogP contribution < -0.4 is 19.1 Å². The van der Waals surface area contributed by atoms with Gasteiger partial charge in [-0.2, -0.15) is 0 Å². The fourth-order valence-corrected chi connectivity index (χ4v) is 5.81. The Bertz CT molecular complexity index is 1390. The summed E-state index contributed by atoms with van der Waals surface area (Å²) in [5, 5.41) is 0. The molecule has 3 aromatic rings. The number of nitrogens with zero attached hydrogens (tertiary/aromatic N) is 2. The first kappa shape index (κ1) is 26.5. The van der Waals surface area contributed by atoms with E-state index in [-0.39, 0.29) is 23.5 Å². The van der Waals surface area contributed by atoms with Gasteiger partial charge >= 0.3 is 0 Å². The van der Waals surface area contributed by atoms with Crippen LogP contribution in [0.15, 0.2) is 71.7 Å². The summed E-state index contributed by atoms with van der Waals surface area (Å²) in [6.45, 7) is 3.75. The Morgan fingerprint density at radius 1 is 0.872 bits per heavy atom. The number of carbonyl (C=O) groups excluding carboxylic acids is 2. The van der Waals surface area contributed by atoms with Gasteiger partial charge < -0.3 is 19.1 Å². The monoisotopic (exact) mass is 526 g/mol. The zero-order valence-corrected chi connectivity index (χ0v) is 23.0. The summed E-state index contributed by atoms with van der Waals surface area (Å²) >= 11 is 0. The normalized spacial score (nSPS) is 20.5. The Morgan fingerprint density at radius 3 is 2.13 bits per heavy atom. The summed E-state index contributed by atoms with van der Waals surface area (Å²) in [5.41, 5.74) is 3.98. The van der Waals surface area contributed by atoms with Gasteiger partial charge in [0, 0.05) is 18.1 Å². The summed E-state index contributed by atoms with van der Waals surface area (Å²) < 4.78 is 16.9. The maximum atomic E-state index is 14.2. The van der Waals surface area contributed by atoms with E-state index in [1.807, 2.05) is 68.4 Å². The number of aliphatic imine (C=N–C) groups is 1. The molecule has 0 bridgehead atoms. The van der Waals surface area contributed by atoms with Gasteiger partial charge in [-0.3, -0.25) is 14.6 Å². The van der Waals surface area contributed by atoms with Crippen LogP contribution in [0.1, 0.15) is 49.8 Å². The number of anilines is 1. The zero-order valence-electron chi connectivity index (χ0n) is 23.0. The first-order valence-electron chi connectivity index (χ1n) is 13.2. The van der Waals surface area contributed by atoms with Crippen molar-refractivity contribution in [2.24, 2.45) is 16.8 Å². The predicted molar refractivity (Wildman–Crippen MR) is 152 cm³/mol. The second-order valence-electron chi connectivity index (χ2n) is 10.3. The predicted octanol–water partition coefficient (Wildman–Crippen LogP) is 6.29. The highest BCUT2D eigenvalue weighted by Gasteiger charge is 2.47. The Labute approximate surface area is 229 Å². The van der Waals surface area contributed by atoms with Crippen molar-refractivity contribution in [2.45, 2.75) is 38.6 Å². The van der Waals surface area contributed by atoms with E-state index >= 15 is 0 Å². The lowest BCUT2D eigenvalue weighted by Crippen LogP contribution is -2.46. The molecule has 1 aliphatic heterocycles. The van der Waals surface area contributed by atoms with E-state index in [0.717, 1.165) is 16.8 Å². The van der Waals surface area contributed by atoms with Crippen LogP contribution in [-0.4, -0.2) is 38.7 Å². The van der Waals surface area contributed by atoms with Crippen LogP contribution in [0.4, 0.5) is 11.4 Å². The smallest absolute Gasteiger partial charge is 0.230 e. The average molecular weight is 527 g/mol. The Hall–Kier alpha value is -4.13. The van der Waals surface area contributed by atoms with Crippen molar-refractivity contribution in [2.75, 3.05) is 26.2 Å². The third kappa shape index (κ3) is 4.78. The number of methoxy groups -OCH3 is 3. The highest BCUT2D eigenvalue weighted by atomic mass is 16.5. The molecule has 0 radical (unpaired) electrons. The highest BCUT2D eigenvalue weighted by molar-refractivity contribution is 6.13. The fourth-order valence-electron chi connectivity index (χ4n) is 5.81. The number of benzene rings is 3. The van der Waals surface area contributed by atoms with Crippen LogP contribution in [0.5, 0.6) is 17.2 Å². The average Bonchev–Trinajstić information content (AvgIpc) is 3.10. The summed E-state index contributed by atoms with van der Waals surface area (Å²) in [4.78, 5) is 35.0.